The highest BCUT2D eigenvalue weighted by molar-refractivity contribution is 7.13. The molecule has 0 spiro atoms. The van der Waals surface area contributed by atoms with Gasteiger partial charge in [-0.15, -0.1) is 11.3 Å². The lowest BCUT2D eigenvalue weighted by Gasteiger charge is -2.06. The second-order valence-electron chi connectivity index (χ2n) is 5.95. The van der Waals surface area contributed by atoms with Crippen LogP contribution in [0.2, 0.25) is 0 Å². The van der Waals surface area contributed by atoms with Crippen LogP contribution in [0.3, 0.4) is 0 Å². The molecule has 0 bridgehead atoms. The van der Waals surface area contributed by atoms with Gasteiger partial charge in [-0.1, -0.05) is 36.4 Å². The number of Topliss-reactive ketones (excluding diaryl/α,β-unsaturated/α-hetero) is 1. The van der Waals surface area contributed by atoms with Crippen LogP contribution < -0.4 is 5.32 Å². The van der Waals surface area contributed by atoms with Crippen LogP contribution in [0.5, 0.6) is 0 Å². The third-order valence-corrected chi connectivity index (χ3v) is 4.88. The highest BCUT2D eigenvalue weighted by Gasteiger charge is 2.08. The first-order valence-electron chi connectivity index (χ1n) is 8.56. The maximum Gasteiger partial charge on any atom is 0.220 e. The largest absolute Gasteiger partial charge is 0.352 e. The predicted octanol–water partition coefficient (Wildman–Crippen LogP) is 4.48. The van der Waals surface area contributed by atoms with Crippen LogP contribution in [0, 0.1) is 0 Å². The van der Waals surface area contributed by atoms with Gasteiger partial charge in [-0.05, 0) is 35.6 Å². The fraction of sp³-hybridized carbons (Fsp3) is 0.190. The zero-order valence-electron chi connectivity index (χ0n) is 14.4. The quantitative estimate of drug-likeness (QED) is 0.600. The Balaban J connectivity index is 1.43. The molecule has 1 aromatic carbocycles. The molecule has 0 saturated carbocycles. The van der Waals surface area contributed by atoms with Gasteiger partial charge in [0.2, 0.25) is 5.91 Å². The minimum Gasteiger partial charge on any atom is -0.352 e. The summed E-state index contributed by atoms with van der Waals surface area (Å²) in [5.41, 5.74) is 2.63. The molecule has 0 fully saturated rings. The molecule has 2 heterocycles. The highest BCUT2D eigenvalue weighted by atomic mass is 32.1. The van der Waals surface area contributed by atoms with Crippen LogP contribution in [0.25, 0.3) is 10.6 Å². The molecule has 1 amide bonds. The molecule has 3 aromatic rings. The van der Waals surface area contributed by atoms with E-state index < -0.39 is 0 Å². The zero-order chi connectivity index (χ0) is 18.2. The normalized spacial score (nSPS) is 10.5. The SMILES string of the molecule is O=C(CCCC(=O)c1ccccc1)NCc1ccnc(-c2cccs2)c1. The Bertz CT molecular complexity index is 861. The first-order chi connectivity index (χ1) is 12.7. The lowest BCUT2D eigenvalue weighted by Crippen LogP contribution is -2.22. The van der Waals surface area contributed by atoms with Crippen LogP contribution in [-0.4, -0.2) is 16.7 Å². The number of aromatic nitrogens is 1. The number of amides is 1. The Morgan fingerprint density at radius 2 is 1.85 bits per heavy atom. The van der Waals surface area contributed by atoms with E-state index in [-0.39, 0.29) is 11.7 Å². The minimum atomic E-state index is -0.0413. The zero-order valence-corrected chi connectivity index (χ0v) is 15.2. The molecule has 26 heavy (non-hydrogen) atoms. The molecule has 0 atom stereocenters. The van der Waals surface area contributed by atoms with Gasteiger partial charge in [-0.2, -0.15) is 0 Å². The fourth-order valence-corrected chi connectivity index (χ4v) is 3.30. The van der Waals surface area contributed by atoms with Gasteiger partial charge in [0.05, 0.1) is 10.6 Å². The van der Waals surface area contributed by atoms with E-state index in [2.05, 4.69) is 10.3 Å². The van der Waals surface area contributed by atoms with Crippen molar-refractivity contribution in [3.8, 4) is 10.6 Å². The average Bonchev–Trinajstić information content (AvgIpc) is 3.22. The Labute approximate surface area is 156 Å². The van der Waals surface area contributed by atoms with Crippen molar-refractivity contribution in [2.24, 2.45) is 0 Å². The maximum atomic E-state index is 12.0. The van der Waals surface area contributed by atoms with Crippen LogP contribution >= 0.6 is 11.3 Å². The van der Waals surface area contributed by atoms with Gasteiger partial charge in [0.1, 0.15) is 0 Å². The van der Waals surface area contributed by atoms with E-state index in [1.165, 1.54) is 0 Å². The predicted molar refractivity (Wildman–Crippen MR) is 104 cm³/mol. The molecule has 0 unspecified atom stereocenters. The molecule has 0 saturated heterocycles. The first kappa shape index (κ1) is 18.0. The summed E-state index contributed by atoms with van der Waals surface area (Å²) in [6, 6.07) is 17.1. The molecule has 0 aliphatic carbocycles. The van der Waals surface area contributed by atoms with Gasteiger partial charge in [0, 0.05) is 31.1 Å². The van der Waals surface area contributed by atoms with E-state index in [1.807, 2.05) is 47.8 Å². The Kier molecular flexibility index (Phi) is 6.28. The number of rotatable bonds is 8. The summed E-state index contributed by atoms with van der Waals surface area (Å²) in [4.78, 5) is 29.5. The third-order valence-electron chi connectivity index (χ3n) is 3.99. The van der Waals surface area contributed by atoms with Gasteiger partial charge in [0.15, 0.2) is 5.78 Å². The van der Waals surface area contributed by atoms with Crippen LogP contribution in [0.1, 0.15) is 35.2 Å². The molecule has 0 aliphatic rings. The number of hydrogen-bond donors (Lipinski definition) is 1. The number of thiophene rings is 1. The van der Waals surface area contributed by atoms with E-state index in [1.54, 1.807) is 29.7 Å². The molecule has 4 nitrogen and oxygen atoms in total. The number of benzene rings is 1. The molecular weight excluding hydrogens is 344 g/mol. The standard InChI is InChI=1S/C21H20N2O2S/c24-19(17-6-2-1-3-7-17)8-4-10-21(25)23-15-16-11-12-22-18(14-16)20-9-5-13-26-20/h1-3,5-7,9,11-14H,4,8,10,15H2,(H,23,25). The number of ketones is 1. The lowest BCUT2D eigenvalue weighted by atomic mass is 10.1. The van der Waals surface area contributed by atoms with E-state index >= 15 is 0 Å². The molecule has 2 aromatic heterocycles. The van der Waals surface area contributed by atoms with Crippen molar-refractivity contribution in [3.63, 3.8) is 0 Å². The monoisotopic (exact) mass is 364 g/mol. The number of carbonyl (C=O) groups excluding carboxylic acids is 2. The molecular formula is C21H20N2O2S. The van der Waals surface area contributed by atoms with Crippen molar-refractivity contribution in [2.75, 3.05) is 0 Å². The highest BCUT2D eigenvalue weighted by Crippen LogP contribution is 2.22. The van der Waals surface area contributed by atoms with Gasteiger partial charge in [0.25, 0.3) is 0 Å². The summed E-state index contributed by atoms with van der Waals surface area (Å²) in [6.45, 7) is 0.465. The molecule has 1 N–H and O–H groups in total. The third kappa shape index (κ3) is 5.10. The van der Waals surface area contributed by atoms with Crippen molar-refractivity contribution in [2.45, 2.75) is 25.8 Å². The smallest absolute Gasteiger partial charge is 0.220 e. The van der Waals surface area contributed by atoms with Crippen molar-refractivity contribution < 1.29 is 9.59 Å². The molecule has 0 radical (unpaired) electrons. The number of carbonyl (C=O) groups is 2. The molecule has 0 aliphatic heterocycles. The second-order valence-corrected chi connectivity index (χ2v) is 6.89. The second kappa shape index (κ2) is 9.06. The summed E-state index contributed by atoms with van der Waals surface area (Å²) in [5, 5.41) is 4.93. The van der Waals surface area contributed by atoms with Crippen molar-refractivity contribution >= 4 is 23.0 Å². The topological polar surface area (TPSA) is 59.1 Å². The van der Waals surface area contributed by atoms with Crippen LogP contribution in [0.4, 0.5) is 0 Å². The molecule has 3 rings (SSSR count). The maximum absolute atomic E-state index is 12.0. The van der Waals surface area contributed by atoms with Crippen molar-refractivity contribution in [1.82, 2.24) is 10.3 Å². The summed E-state index contributed by atoms with van der Waals surface area (Å²) in [5.74, 6) is 0.0356. The molecule has 5 heteroatoms. The average molecular weight is 364 g/mol. The van der Waals surface area contributed by atoms with Gasteiger partial charge >= 0.3 is 0 Å². The first-order valence-corrected chi connectivity index (χ1v) is 9.44. The van der Waals surface area contributed by atoms with E-state index in [0.717, 1.165) is 16.1 Å². The van der Waals surface area contributed by atoms with Gasteiger partial charge in [-0.25, -0.2) is 0 Å². The summed E-state index contributed by atoms with van der Waals surface area (Å²) < 4.78 is 0. The Hall–Kier alpha value is -2.79. The fourth-order valence-electron chi connectivity index (χ4n) is 2.61. The number of nitrogens with one attached hydrogen (secondary N) is 1. The van der Waals surface area contributed by atoms with Crippen molar-refractivity contribution in [3.05, 3.63) is 77.3 Å². The van der Waals surface area contributed by atoms with E-state index in [0.29, 0.717) is 31.4 Å². The number of hydrogen-bond acceptors (Lipinski definition) is 4. The molecule has 132 valence electrons. The van der Waals surface area contributed by atoms with E-state index in [9.17, 15) is 9.59 Å². The number of nitrogens with zero attached hydrogens (tertiary/aromatic N) is 1. The van der Waals surface area contributed by atoms with Crippen molar-refractivity contribution in [1.29, 1.82) is 0 Å². The van der Waals surface area contributed by atoms with Gasteiger partial charge in [-0.3, -0.25) is 14.6 Å². The summed E-state index contributed by atoms with van der Waals surface area (Å²) in [7, 11) is 0. The number of pyridine rings is 1. The lowest BCUT2D eigenvalue weighted by molar-refractivity contribution is -0.121. The summed E-state index contributed by atoms with van der Waals surface area (Å²) in [6.07, 6.45) is 3.04. The Morgan fingerprint density at radius 1 is 1.00 bits per heavy atom. The minimum absolute atomic E-state index is 0.0413. The summed E-state index contributed by atoms with van der Waals surface area (Å²) >= 11 is 1.64. The van der Waals surface area contributed by atoms with Crippen LogP contribution in [0.15, 0.2) is 66.2 Å². The Morgan fingerprint density at radius 3 is 2.62 bits per heavy atom. The van der Waals surface area contributed by atoms with Gasteiger partial charge < -0.3 is 5.32 Å². The van der Waals surface area contributed by atoms with Crippen LogP contribution in [-0.2, 0) is 11.3 Å². The van der Waals surface area contributed by atoms with E-state index in [4.69, 9.17) is 0 Å².